The number of hydrogen-bond acceptors (Lipinski definition) is 2. The minimum absolute atomic E-state index is 0.656. The molecule has 102 valence electrons. The fourth-order valence-electron chi connectivity index (χ4n) is 1.69. The van der Waals surface area contributed by atoms with Crippen LogP contribution in [0.5, 0.6) is 11.5 Å². The van der Waals surface area contributed by atoms with Gasteiger partial charge in [0, 0.05) is 5.88 Å². The van der Waals surface area contributed by atoms with E-state index in [1.165, 1.54) is 5.56 Å². The lowest BCUT2D eigenvalue weighted by molar-refractivity contribution is 0.272. The Morgan fingerprint density at radius 2 is 1.89 bits per heavy atom. The molecule has 3 heteroatoms. The third-order valence-corrected chi connectivity index (χ3v) is 2.93. The molecule has 0 amide bonds. The van der Waals surface area contributed by atoms with Crippen LogP contribution in [0.4, 0.5) is 0 Å². The van der Waals surface area contributed by atoms with E-state index in [0.717, 1.165) is 43.8 Å². The average molecular weight is 271 g/mol. The van der Waals surface area contributed by atoms with Gasteiger partial charge in [-0.05, 0) is 43.9 Å². The Bertz CT molecular complexity index is 339. The molecule has 0 fully saturated rings. The van der Waals surface area contributed by atoms with Gasteiger partial charge in [0.25, 0.3) is 0 Å². The quantitative estimate of drug-likeness (QED) is 0.488. The Morgan fingerprint density at radius 3 is 2.56 bits per heavy atom. The number of ether oxygens (including phenoxy) is 2. The second-order valence-corrected chi connectivity index (χ2v) is 4.59. The fraction of sp³-hybridized carbons (Fsp3) is 0.600. The van der Waals surface area contributed by atoms with E-state index in [1.807, 2.05) is 13.0 Å². The van der Waals surface area contributed by atoms with Gasteiger partial charge in [-0.25, -0.2) is 0 Å². The van der Waals surface area contributed by atoms with E-state index in [4.69, 9.17) is 21.1 Å². The predicted octanol–water partition coefficient (Wildman–Crippen LogP) is 4.44. The summed E-state index contributed by atoms with van der Waals surface area (Å²) in [6.07, 6.45) is 4.18. The molecule has 0 saturated heterocycles. The number of alkyl halides is 1. The van der Waals surface area contributed by atoms with Crippen LogP contribution >= 0.6 is 11.6 Å². The molecule has 0 aliphatic rings. The largest absolute Gasteiger partial charge is 0.490 e. The molecule has 1 aromatic rings. The standard InChI is InChI=1S/C15H23ClO2/c1-3-5-11-18-14-9-8-13(7-6-10-16)12-15(14)17-4-2/h8-9,12H,3-7,10-11H2,1-2H3. The van der Waals surface area contributed by atoms with Crippen molar-refractivity contribution >= 4 is 11.6 Å². The van der Waals surface area contributed by atoms with Gasteiger partial charge in [0.15, 0.2) is 11.5 Å². The first-order valence-corrected chi connectivity index (χ1v) is 7.29. The number of unbranched alkanes of at least 4 members (excludes halogenated alkanes) is 1. The van der Waals surface area contributed by atoms with Gasteiger partial charge in [-0.1, -0.05) is 19.4 Å². The van der Waals surface area contributed by atoms with Crippen LogP contribution in [0.15, 0.2) is 18.2 Å². The molecule has 0 bridgehead atoms. The number of halogens is 1. The number of aryl methyl sites for hydroxylation is 1. The summed E-state index contributed by atoms with van der Waals surface area (Å²) in [5.41, 5.74) is 1.25. The number of hydrogen-bond donors (Lipinski definition) is 0. The molecule has 0 heterocycles. The van der Waals surface area contributed by atoms with Crippen molar-refractivity contribution in [2.75, 3.05) is 19.1 Å². The molecule has 1 rings (SSSR count). The number of benzene rings is 1. The highest BCUT2D eigenvalue weighted by molar-refractivity contribution is 6.17. The zero-order valence-corrected chi connectivity index (χ0v) is 12.1. The van der Waals surface area contributed by atoms with Gasteiger partial charge in [0.05, 0.1) is 13.2 Å². The summed E-state index contributed by atoms with van der Waals surface area (Å²) in [6, 6.07) is 6.16. The van der Waals surface area contributed by atoms with E-state index in [0.29, 0.717) is 12.5 Å². The van der Waals surface area contributed by atoms with Gasteiger partial charge in [-0.15, -0.1) is 11.6 Å². The SMILES string of the molecule is CCCCOc1ccc(CCCCl)cc1OCC. The molecule has 2 nitrogen and oxygen atoms in total. The molecule has 0 atom stereocenters. The Hall–Kier alpha value is -0.890. The summed E-state index contributed by atoms with van der Waals surface area (Å²) in [7, 11) is 0. The van der Waals surface area contributed by atoms with E-state index in [1.54, 1.807) is 0 Å². The molecular weight excluding hydrogens is 248 g/mol. The van der Waals surface area contributed by atoms with E-state index < -0.39 is 0 Å². The smallest absolute Gasteiger partial charge is 0.161 e. The highest BCUT2D eigenvalue weighted by atomic mass is 35.5. The highest BCUT2D eigenvalue weighted by Gasteiger charge is 2.06. The minimum atomic E-state index is 0.656. The van der Waals surface area contributed by atoms with Gasteiger partial charge in [0.2, 0.25) is 0 Å². The Balaban J connectivity index is 2.69. The van der Waals surface area contributed by atoms with Crippen LogP contribution in [0.2, 0.25) is 0 Å². The second kappa shape index (κ2) is 9.09. The van der Waals surface area contributed by atoms with Gasteiger partial charge in [0.1, 0.15) is 0 Å². The summed E-state index contributed by atoms with van der Waals surface area (Å²) in [6.45, 7) is 5.55. The Morgan fingerprint density at radius 1 is 1.06 bits per heavy atom. The summed E-state index contributed by atoms with van der Waals surface area (Å²) in [5, 5.41) is 0. The molecule has 0 radical (unpaired) electrons. The molecular formula is C15H23ClO2. The lowest BCUT2D eigenvalue weighted by Crippen LogP contribution is -2.01. The molecule has 0 unspecified atom stereocenters. The summed E-state index contributed by atoms with van der Waals surface area (Å²) in [4.78, 5) is 0. The number of rotatable bonds is 9. The van der Waals surface area contributed by atoms with Crippen LogP contribution in [0.1, 0.15) is 38.7 Å². The summed E-state index contributed by atoms with van der Waals surface area (Å²) in [5.74, 6) is 2.39. The molecule has 0 aliphatic carbocycles. The van der Waals surface area contributed by atoms with Crippen molar-refractivity contribution < 1.29 is 9.47 Å². The summed E-state index contributed by atoms with van der Waals surface area (Å²) < 4.78 is 11.4. The molecule has 0 spiro atoms. The Kier molecular flexibility index (Phi) is 7.66. The first-order chi connectivity index (χ1) is 8.81. The average Bonchev–Trinajstić information content (AvgIpc) is 2.39. The normalized spacial score (nSPS) is 10.4. The predicted molar refractivity (Wildman–Crippen MR) is 77.1 cm³/mol. The van der Waals surface area contributed by atoms with Crippen molar-refractivity contribution in [1.82, 2.24) is 0 Å². The van der Waals surface area contributed by atoms with Crippen LogP contribution in [0.25, 0.3) is 0 Å². The third-order valence-electron chi connectivity index (χ3n) is 2.66. The van der Waals surface area contributed by atoms with Gasteiger partial charge < -0.3 is 9.47 Å². The highest BCUT2D eigenvalue weighted by Crippen LogP contribution is 2.29. The maximum atomic E-state index is 5.74. The third kappa shape index (κ3) is 5.18. The molecule has 0 saturated carbocycles. The second-order valence-electron chi connectivity index (χ2n) is 4.21. The maximum absolute atomic E-state index is 5.74. The zero-order chi connectivity index (χ0) is 13.2. The van der Waals surface area contributed by atoms with E-state index >= 15 is 0 Å². The lowest BCUT2D eigenvalue weighted by Gasteiger charge is -2.13. The first-order valence-electron chi connectivity index (χ1n) is 6.76. The van der Waals surface area contributed by atoms with Gasteiger partial charge in [-0.3, -0.25) is 0 Å². The van der Waals surface area contributed by atoms with Crippen molar-refractivity contribution in [2.45, 2.75) is 39.5 Å². The zero-order valence-electron chi connectivity index (χ0n) is 11.4. The lowest BCUT2D eigenvalue weighted by atomic mass is 10.1. The Labute approximate surface area is 115 Å². The minimum Gasteiger partial charge on any atom is -0.490 e. The molecule has 1 aromatic carbocycles. The molecule has 18 heavy (non-hydrogen) atoms. The molecule has 0 N–H and O–H groups in total. The van der Waals surface area contributed by atoms with Crippen LogP contribution in [0.3, 0.4) is 0 Å². The topological polar surface area (TPSA) is 18.5 Å². The van der Waals surface area contributed by atoms with Crippen molar-refractivity contribution in [1.29, 1.82) is 0 Å². The maximum Gasteiger partial charge on any atom is 0.161 e. The van der Waals surface area contributed by atoms with Gasteiger partial charge >= 0.3 is 0 Å². The van der Waals surface area contributed by atoms with Crippen molar-refractivity contribution in [3.05, 3.63) is 23.8 Å². The van der Waals surface area contributed by atoms with Crippen LogP contribution in [0, 0.1) is 0 Å². The van der Waals surface area contributed by atoms with Gasteiger partial charge in [-0.2, -0.15) is 0 Å². The van der Waals surface area contributed by atoms with Crippen molar-refractivity contribution in [2.24, 2.45) is 0 Å². The molecule has 0 aliphatic heterocycles. The molecule has 0 aromatic heterocycles. The monoisotopic (exact) mass is 270 g/mol. The van der Waals surface area contributed by atoms with Crippen molar-refractivity contribution in [3.8, 4) is 11.5 Å². The van der Waals surface area contributed by atoms with E-state index in [9.17, 15) is 0 Å². The first kappa shape index (κ1) is 15.2. The van der Waals surface area contributed by atoms with Crippen LogP contribution in [-0.2, 0) is 6.42 Å². The van der Waals surface area contributed by atoms with E-state index in [-0.39, 0.29) is 0 Å². The fourth-order valence-corrected chi connectivity index (χ4v) is 1.83. The van der Waals surface area contributed by atoms with Crippen molar-refractivity contribution in [3.63, 3.8) is 0 Å². The van der Waals surface area contributed by atoms with E-state index in [2.05, 4.69) is 19.1 Å². The summed E-state index contributed by atoms with van der Waals surface area (Å²) >= 11 is 5.71. The van der Waals surface area contributed by atoms with Crippen LogP contribution < -0.4 is 9.47 Å². The van der Waals surface area contributed by atoms with Crippen LogP contribution in [-0.4, -0.2) is 19.1 Å².